The molecule has 1 aliphatic heterocycles. The maximum Gasteiger partial charge on any atom is 0.0489 e. The molecule has 1 fully saturated rings. The molecule has 0 amide bonds. The zero-order chi connectivity index (χ0) is 11.9. The van der Waals surface area contributed by atoms with Gasteiger partial charge in [-0.1, -0.05) is 6.92 Å². The molecule has 0 saturated carbocycles. The first-order valence-electron chi connectivity index (χ1n) is 6.81. The van der Waals surface area contributed by atoms with E-state index in [0.29, 0.717) is 0 Å². The summed E-state index contributed by atoms with van der Waals surface area (Å²) in [6.45, 7) is 8.09. The second-order valence-electron chi connectivity index (χ2n) is 4.86. The van der Waals surface area contributed by atoms with Crippen LogP contribution in [0.5, 0.6) is 0 Å². The number of hydrogen-bond donors (Lipinski definition) is 1. The predicted octanol–water partition coefficient (Wildman–Crippen LogP) is 1.35. The van der Waals surface area contributed by atoms with Gasteiger partial charge in [-0.05, 0) is 45.0 Å². The average molecular weight is 236 g/mol. The van der Waals surface area contributed by atoms with E-state index in [2.05, 4.69) is 22.2 Å². The van der Waals surface area contributed by atoms with E-state index in [1.54, 1.807) is 0 Å². The molecule has 1 N–H and O–H groups in total. The molecule has 4 heteroatoms. The molecule has 1 atom stereocenters. The van der Waals surface area contributed by atoms with Crippen LogP contribution in [0, 0.1) is 0 Å². The maximum absolute atomic E-state index is 4.22. The summed E-state index contributed by atoms with van der Waals surface area (Å²) in [5.41, 5.74) is 0. The molecular weight excluding hydrogens is 212 g/mol. The van der Waals surface area contributed by atoms with Crippen LogP contribution in [0.2, 0.25) is 0 Å². The molecule has 1 aliphatic rings. The minimum atomic E-state index is 0.722. The fraction of sp³-hybridized carbons (Fsp3) is 0.769. The molecule has 1 aromatic rings. The van der Waals surface area contributed by atoms with E-state index < -0.39 is 0 Å². The van der Waals surface area contributed by atoms with E-state index in [4.69, 9.17) is 0 Å². The first-order chi connectivity index (χ1) is 8.38. The number of aryl methyl sites for hydroxylation is 1. The van der Waals surface area contributed by atoms with E-state index in [1.807, 2.05) is 23.1 Å². The fourth-order valence-corrected chi connectivity index (χ4v) is 2.44. The van der Waals surface area contributed by atoms with Gasteiger partial charge < -0.3 is 10.2 Å². The lowest BCUT2D eigenvalue weighted by molar-refractivity contribution is 0.312. The monoisotopic (exact) mass is 236 g/mol. The lowest BCUT2D eigenvalue weighted by atomic mass is 10.2. The molecule has 0 bridgehead atoms. The van der Waals surface area contributed by atoms with Gasteiger partial charge in [-0.25, -0.2) is 0 Å². The van der Waals surface area contributed by atoms with Crippen LogP contribution in [0.15, 0.2) is 18.5 Å². The van der Waals surface area contributed by atoms with Gasteiger partial charge in [0.2, 0.25) is 0 Å². The van der Waals surface area contributed by atoms with Crippen molar-refractivity contribution in [1.29, 1.82) is 0 Å². The van der Waals surface area contributed by atoms with Gasteiger partial charge in [0.25, 0.3) is 0 Å². The second-order valence-corrected chi connectivity index (χ2v) is 4.86. The molecule has 0 spiro atoms. The highest BCUT2D eigenvalue weighted by Crippen LogP contribution is 2.09. The zero-order valence-electron chi connectivity index (χ0n) is 10.8. The molecule has 96 valence electrons. The van der Waals surface area contributed by atoms with Gasteiger partial charge in [0.15, 0.2) is 0 Å². The average Bonchev–Trinajstić information content (AvgIpc) is 2.98. The Morgan fingerprint density at radius 1 is 1.41 bits per heavy atom. The van der Waals surface area contributed by atoms with Crippen molar-refractivity contribution in [2.24, 2.45) is 0 Å². The Labute approximate surface area is 104 Å². The highest BCUT2D eigenvalue weighted by Gasteiger charge is 2.20. The summed E-state index contributed by atoms with van der Waals surface area (Å²) >= 11 is 0. The minimum Gasteiger partial charge on any atom is -0.313 e. The Morgan fingerprint density at radius 3 is 3.12 bits per heavy atom. The highest BCUT2D eigenvalue weighted by molar-refractivity contribution is 4.81. The molecule has 0 aromatic carbocycles. The van der Waals surface area contributed by atoms with Crippen LogP contribution in [-0.4, -0.2) is 46.9 Å². The fourth-order valence-electron chi connectivity index (χ4n) is 2.44. The van der Waals surface area contributed by atoms with Crippen molar-refractivity contribution in [2.75, 3.05) is 26.2 Å². The van der Waals surface area contributed by atoms with Crippen LogP contribution in [0.25, 0.3) is 0 Å². The van der Waals surface area contributed by atoms with Gasteiger partial charge >= 0.3 is 0 Å². The van der Waals surface area contributed by atoms with Gasteiger partial charge in [0.1, 0.15) is 0 Å². The molecule has 17 heavy (non-hydrogen) atoms. The second kappa shape index (κ2) is 6.77. The summed E-state index contributed by atoms with van der Waals surface area (Å²) in [5, 5.41) is 7.83. The number of nitrogens with one attached hydrogen (secondary N) is 1. The summed E-state index contributed by atoms with van der Waals surface area (Å²) in [5.74, 6) is 0. The first kappa shape index (κ1) is 12.6. The SMILES string of the molecule is CCCNC1CCN(CCCn2cccn2)C1. The number of nitrogens with zero attached hydrogens (tertiary/aromatic N) is 3. The highest BCUT2D eigenvalue weighted by atomic mass is 15.3. The van der Waals surface area contributed by atoms with Crippen LogP contribution >= 0.6 is 0 Å². The van der Waals surface area contributed by atoms with Crippen molar-refractivity contribution in [2.45, 2.75) is 38.8 Å². The number of rotatable bonds is 7. The first-order valence-corrected chi connectivity index (χ1v) is 6.81. The number of likely N-dealkylation sites (tertiary alicyclic amines) is 1. The van der Waals surface area contributed by atoms with Gasteiger partial charge in [-0.3, -0.25) is 4.68 Å². The molecule has 0 aliphatic carbocycles. The Kier molecular flexibility index (Phi) is 5.01. The lowest BCUT2D eigenvalue weighted by Gasteiger charge is -2.16. The third kappa shape index (κ3) is 4.13. The Balaban J connectivity index is 1.58. The van der Waals surface area contributed by atoms with Crippen molar-refractivity contribution < 1.29 is 0 Å². The third-order valence-electron chi connectivity index (χ3n) is 3.38. The number of aromatic nitrogens is 2. The zero-order valence-corrected chi connectivity index (χ0v) is 10.8. The summed E-state index contributed by atoms with van der Waals surface area (Å²) in [6.07, 6.45) is 7.62. The van der Waals surface area contributed by atoms with Gasteiger partial charge in [0, 0.05) is 31.5 Å². The van der Waals surface area contributed by atoms with Gasteiger partial charge in [-0.2, -0.15) is 5.10 Å². The van der Waals surface area contributed by atoms with Crippen molar-refractivity contribution in [3.63, 3.8) is 0 Å². The Morgan fingerprint density at radius 2 is 2.35 bits per heavy atom. The van der Waals surface area contributed by atoms with Crippen molar-refractivity contribution in [3.8, 4) is 0 Å². The van der Waals surface area contributed by atoms with Crippen molar-refractivity contribution in [1.82, 2.24) is 20.0 Å². The standard InChI is InChI=1S/C13H24N4/c1-2-6-14-13-5-11-16(12-13)8-4-10-17-9-3-7-15-17/h3,7,9,13-14H,2,4-6,8,10-12H2,1H3. The molecule has 2 heterocycles. The molecule has 0 radical (unpaired) electrons. The molecule has 1 saturated heterocycles. The Hall–Kier alpha value is -0.870. The third-order valence-corrected chi connectivity index (χ3v) is 3.38. The molecule has 4 nitrogen and oxygen atoms in total. The minimum absolute atomic E-state index is 0.722. The van der Waals surface area contributed by atoms with Crippen LogP contribution in [0.3, 0.4) is 0 Å². The largest absolute Gasteiger partial charge is 0.313 e. The summed E-state index contributed by atoms with van der Waals surface area (Å²) in [4.78, 5) is 2.57. The lowest BCUT2D eigenvalue weighted by Crippen LogP contribution is -2.33. The summed E-state index contributed by atoms with van der Waals surface area (Å²) in [7, 11) is 0. The van der Waals surface area contributed by atoms with Crippen LogP contribution in [-0.2, 0) is 6.54 Å². The van der Waals surface area contributed by atoms with E-state index in [0.717, 1.165) is 19.1 Å². The van der Waals surface area contributed by atoms with Crippen LogP contribution in [0.4, 0.5) is 0 Å². The quantitative estimate of drug-likeness (QED) is 0.776. The molecule has 1 aromatic heterocycles. The van der Waals surface area contributed by atoms with Gasteiger partial charge in [0.05, 0.1) is 0 Å². The smallest absolute Gasteiger partial charge is 0.0489 e. The van der Waals surface area contributed by atoms with Crippen molar-refractivity contribution in [3.05, 3.63) is 18.5 Å². The van der Waals surface area contributed by atoms with E-state index >= 15 is 0 Å². The normalized spacial score (nSPS) is 21.1. The molecular formula is C13H24N4. The van der Waals surface area contributed by atoms with E-state index in [-0.39, 0.29) is 0 Å². The molecule has 2 rings (SSSR count). The van der Waals surface area contributed by atoms with Crippen LogP contribution < -0.4 is 5.32 Å². The predicted molar refractivity (Wildman–Crippen MR) is 70.0 cm³/mol. The summed E-state index contributed by atoms with van der Waals surface area (Å²) < 4.78 is 2.02. The van der Waals surface area contributed by atoms with Crippen molar-refractivity contribution >= 4 is 0 Å². The molecule has 1 unspecified atom stereocenters. The topological polar surface area (TPSA) is 33.1 Å². The van der Waals surface area contributed by atoms with Crippen LogP contribution in [0.1, 0.15) is 26.2 Å². The van der Waals surface area contributed by atoms with E-state index in [1.165, 1.54) is 38.9 Å². The van der Waals surface area contributed by atoms with Gasteiger partial charge in [-0.15, -0.1) is 0 Å². The summed E-state index contributed by atoms with van der Waals surface area (Å²) in [6, 6.07) is 2.71. The number of hydrogen-bond acceptors (Lipinski definition) is 3. The van der Waals surface area contributed by atoms with E-state index in [9.17, 15) is 0 Å². The Bertz CT molecular complexity index is 296. The maximum atomic E-state index is 4.22.